The molecule has 14 heavy (non-hydrogen) atoms. The van der Waals surface area contributed by atoms with E-state index in [0.29, 0.717) is 6.04 Å². The first-order valence-electron chi connectivity index (χ1n) is 5.24. The van der Waals surface area contributed by atoms with Gasteiger partial charge in [0.05, 0.1) is 0 Å². The molecule has 80 valence electrons. The maximum Gasteiger partial charge on any atom is 0.0480 e. The minimum absolute atomic E-state index is 0.529. The van der Waals surface area contributed by atoms with E-state index >= 15 is 0 Å². The van der Waals surface area contributed by atoms with Crippen LogP contribution in [0.25, 0.3) is 0 Å². The fourth-order valence-electron chi connectivity index (χ4n) is 1.78. The van der Waals surface area contributed by atoms with Crippen LogP contribution in [0.15, 0.2) is 16.8 Å². The number of hydrogen-bond acceptors (Lipinski definition) is 3. The molecule has 0 fully saturated rings. The minimum Gasteiger partial charge on any atom is -0.318 e. The summed E-state index contributed by atoms with van der Waals surface area (Å²) in [5.74, 6) is 0. The Kier molecular flexibility index (Phi) is 5.15. The van der Waals surface area contributed by atoms with Gasteiger partial charge in [0.25, 0.3) is 0 Å². The third kappa shape index (κ3) is 2.80. The van der Waals surface area contributed by atoms with Crippen molar-refractivity contribution in [2.45, 2.75) is 19.9 Å². The lowest BCUT2D eigenvalue weighted by molar-refractivity contribution is 0.216. The SMILES string of the molecule is CCN(CC)C(CNC)c1ccsc1. The van der Waals surface area contributed by atoms with Gasteiger partial charge in [-0.1, -0.05) is 13.8 Å². The molecule has 0 spiro atoms. The number of thiophene rings is 1. The highest BCUT2D eigenvalue weighted by Gasteiger charge is 2.16. The number of nitrogens with zero attached hydrogens (tertiary/aromatic N) is 1. The molecule has 0 aliphatic rings. The van der Waals surface area contributed by atoms with E-state index in [4.69, 9.17) is 0 Å². The summed E-state index contributed by atoms with van der Waals surface area (Å²) in [6.07, 6.45) is 0. The van der Waals surface area contributed by atoms with Crippen molar-refractivity contribution in [3.63, 3.8) is 0 Å². The Morgan fingerprint density at radius 2 is 2.14 bits per heavy atom. The zero-order valence-electron chi connectivity index (χ0n) is 9.29. The van der Waals surface area contributed by atoms with E-state index in [1.807, 2.05) is 7.05 Å². The standard InChI is InChI=1S/C11H20N2S/c1-4-13(5-2)11(8-12-3)10-6-7-14-9-10/h6-7,9,11-12H,4-5,8H2,1-3H3. The molecule has 0 aromatic carbocycles. The Morgan fingerprint density at radius 3 is 2.57 bits per heavy atom. The Hall–Kier alpha value is -0.380. The highest BCUT2D eigenvalue weighted by Crippen LogP contribution is 2.21. The summed E-state index contributed by atoms with van der Waals surface area (Å²) < 4.78 is 0. The largest absolute Gasteiger partial charge is 0.318 e. The molecule has 0 saturated heterocycles. The van der Waals surface area contributed by atoms with E-state index in [-0.39, 0.29) is 0 Å². The lowest BCUT2D eigenvalue weighted by Crippen LogP contribution is -2.34. The van der Waals surface area contributed by atoms with E-state index in [9.17, 15) is 0 Å². The van der Waals surface area contributed by atoms with Gasteiger partial charge in [-0.25, -0.2) is 0 Å². The zero-order chi connectivity index (χ0) is 10.4. The van der Waals surface area contributed by atoms with Crippen molar-refractivity contribution in [3.05, 3.63) is 22.4 Å². The quantitative estimate of drug-likeness (QED) is 0.778. The fraction of sp³-hybridized carbons (Fsp3) is 0.636. The first-order chi connectivity index (χ1) is 6.83. The molecule has 1 heterocycles. The first kappa shape index (κ1) is 11.7. The van der Waals surface area contributed by atoms with Gasteiger partial charge in [0, 0.05) is 12.6 Å². The van der Waals surface area contributed by atoms with Crippen molar-refractivity contribution in [2.75, 3.05) is 26.7 Å². The van der Waals surface area contributed by atoms with E-state index in [1.165, 1.54) is 5.56 Å². The smallest absolute Gasteiger partial charge is 0.0480 e. The van der Waals surface area contributed by atoms with Crippen molar-refractivity contribution < 1.29 is 0 Å². The van der Waals surface area contributed by atoms with Crippen molar-refractivity contribution in [2.24, 2.45) is 0 Å². The molecule has 0 aliphatic carbocycles. The van der Waals surface area contributed by atoms with Gasteiger partial charge < -0.3 is 5.32 Å². The monoisotopic (exact) mass is 212 g/mol. The second-order valence-corrected chi connectivity index (χ2v) is 4.13. The lowest BCUT2D eigenvalue weighted by atomic mass is 10.1. The van der Waals surface area contributed by atoms with Crippen molar-refractivity contribution in [3.8, 4) is 0 Å². The summed E-state index contributed by atoms with van der Waals surface area (Å²) in [6.45, 7) is 7.69. The molecule has 0 bridgehead atoms. The Labute approximate surface area is 90.9 Å². The molecule has 1 atom stereocenters. The summed E-state index contributed by atoms with van der Waals surface area (Å²) >= 11 is 1.78. The number of rotatable bonds is 6. The van der Waals surface area contributed by atoms with Gasteiger partial charge in [0.1, 0.15) is 0 Å². The summed E-state index contributed by atoms with van der Waals surface area (Å²) in [5, 5.41) is 7.67. The molecule has 1 aromatic rings. The van der Waals surface area contributed by atoms with E-state index in [2.05, 4.69) is 40.9 Å². The maximum atomic E-state index is 3.27. The van der Waals surface area contributed by atoms with Crippen LogP contribution in [0.2, 0.25) is 0 Å². The van der Waals surface area contributed by atoms with Gasteiger partial charge in [-0.15, -0.1) is 0 Å². The summed E-state index contributed by atoms with van der Waals surface area (Å²) in [6, 6.07) is 2.76. The summed E-state index contributed by atoms with van der Waals surface area (Å²) in [7, 11) is 2.02. The minimum atomic E-state index is 0.529. The predicted octanol–water partition coefficient (Wildman–Crippen LogP) is 2.35. The van der Waals surface area contributed by atoms with Crippen molar-refractivity contribution in [1.29, 1.82) is 0 Å². The molecule has 0 saturated carbocycles. The topological polar surface area (TPSA) is 15.3 Å². The van der Waals surface area contributed by atoms with Gasteiger partial charge in [0.15, 0.2) is 0 Å². The third-order valence-electron chi connectivity index (χ3n) is 2.58. The van der Waals surface area contributed by atoms with E-state index < -0.39 is 0 Å². The van der Waals surface area contributed by atoms with E-state index in [0.717, 1.165) is 19.6 Å². The van der Waals surface area contributed by atoms with Crippen LogP contribution >= 0.6 is 11.3 Å². The highest BCUT2D eigenvalue weighted by molar-refractivity contribution is 7.07. The fourth-order valence-corrected chi connectivity index (χ4v) is 2.49. The molecule has 1 unspecified atom stereocenters. The van der Waals surface area contributed by atoms with Crippen LogP contribution in [0.5, 0.6) is 0 Å². The molecule has 0 aliphatic heterocycles. The summed E-state index contributed by atoms with van der Waals surface area (Å²) in [5.41, 5.74) is 1.44. The lowest BCUT2D eigenvalue weighted by Gasteiger charge is -2.29. The number of nitrogens with one attached hydrogen (secondary N) is 1. The van der Waals surface area contributed by atoms with Gasteiger partial charge in [-0.3, -0.25) is 4.90 Å². The van der Waals surface area contributed by atoms with Gasteiger partial charge in [0.2, 0.25) is 0 Å². The highest BCUT2D eigenvalue weighted by atomic mass is 32.1. The molecule has 3 heteroatoms. The molecule has 1 rings (SSSR count). The second kappa shape index (κ2) is 6.17. The number of likely N-dealkylation sites (N-methyl/N-ethyl adjacent to an activating group) is 2. The maximum absolute atomic E-state index is 3.27. The van der Waals surface area contributed by atoms with E-state index in [1.54, 1.807) is 11.3 Å². The zero-order valence-corrected chi connectivity index (χ0v) is 10.1. The van der Waals surface area contributed by atoms with Crippen LogP contribution in [-0.4, -0.2) is 31.6 Å². The van der Waals surface area contributed by atoms with Crippen molar-refractivity contribution in [1.82, 2.24) is 10.2 Å². The van der Waals surface area contributed by atoms with Crippen LogP contribution in [0.3, 0.4) is 0 Å². The third-order valence-corrected chi connectivity index (χ3v) is 3.28. The molecule has 0 radical (unpaired) electrons. The predicted molar refractivity (Wildman–Crippen MR) is 63.9 cm³/mol. The molecule has 1 N–H and O–H groups in total. The second-order valence-electron chi connectivity index (χ2n) is 3.35. The molecule has 2 nitrogen and oxygen atoms in total. The first-order valence-corrected chi connectivity index (χ1v) is 6.18. The van der Waals surface area contributed by atoms with Crippen LogP contribution < -0.4 is 5.32 Å². The molecule has 1 aromatic heterocycles. The average molecular weight is 212 g/mol. The molecular formula is C11H20N2S. The van der Waals surface area contributed by atoms with Crippen LogP contribution in [0.4, 0.5) is 0 Å². The van der Waals surface area contributed by atoms with Crippen LogP contribution in [-0.2, 0) is 0 Å². The van der Waals surface area contributed by atoms with Gasteiger partial charge in [-0.2, -0.15) is 11.3 Å². The normalized spacial score (nSPS) is 13.4. The molecule has 0 amide bonds. The van der Waals surface area contributed by atoms with Crippen molar-refractivity contribution >= 4 is 11.3 Å². The molecular weight excluding hydrogens is 192 g/mol. The van der Waals surface area contributed by atoms with Gasteiger partial charge >= 0.3 is 0 Å². The number of hydrogen-bond donors (Lipinski definition) is 1. The van der Waals surface area contributed by atoms with Crippen LogP contribution in [0.1, 0.15) is 25.5 Å². The average Bonchev–Trinajstić information content (AvgIpc) is 2.71. The van der Waals surface area contributed by atoms with Gasteiger partial charge in [-0.05, 0) is 42.5 Å². The summed E-state index contributed by atoms with van der Waals surface area (Å²) in [4.78, 5) is 2.48. The Bertz CT molecular complexity index is 229. The Balaban J connectivity index is 2.72. The van der Waals surface area contributed by atoms with Crippen LogP contribution in [0, 0.1) is 0 Å². The Morgan fingerprint density at radius 1 is 1.43 bits per heavy atom.